The van der Waals surface area contributed by atoms with Gasteiger partial charge in [0.15, 0.2) is 5.78 Å². The monoisotopic (exact) mass is 372 g/mol. The Morgan fingerprint density at radius 2 is 1.75 bits per heavy atom. The number of carbonyl (C=O) groups excluding carboxylic acids is 1. The molecule has 0 amide bonds. The average Bonchev–Trinajstić information content (AvgIpc) is 3.33. The van der Waals surface area contributed by atoms with Crippen LogP contribution in [0, 0.1) is 0 Å². The van der Waals surface area contributed by atoms with Gasteiger partial charge in [-0.15, -0.1) is 0 Å². The predicted octanol–water partition coefficient (Wildman–Crippen LogP) is 4.01. The van der Waals surface area contributed by atoms with E-state index in [0.29, 0.717) is 12.5 Å². The molecule has 1 aliphatic heterocycles. The molecule has 28 heavy (non-hydrogen) atoms. The van der Waals surface area contributed by atoms with Crippen molar-refractivity contribution in [3.8, 4) is 22.4 Å². The van der Waals surface area contributed by atoms with Gasteiger partial charge in [-0.1, -0.05) is 18.2 Å². The minimum absolute atomic E-state index is 0.262. The summed E-state index contributed by atoms with van der Waals surface area (Å²) in [5.41, 5.74) is 6.39. The van der Waals surface area contributed by atoms with Gasteiger partial charge >= 0.3 is 0 Å². The largest absolute Gasteiger partial charge is 0.306 e. The highest BCUT2D eigenvalue weighted by molar-refractivity contribution is 6.01. The number of aryl methyl sites for hydroxylation is 1. The summed E-state index contributed by atoms with van der Waals surface area (Å²) in [6.45, 7) is 2.21. The summed E-state index contributed by atoms with van der Waals surface area (Å²) in [6, 6.07) is 10.7. The number of Topliss-reactive ketones (excluding diaryl/α,β-unsaturated/α-hetero) is 1. The minimum Gasteiger partial charge on any atom is -0.306 e. The van der Waals surface area contributed by atoms with E-state index < -0.39 is 0 Å². The highest BCUT2D eigenvalue weighted by Crippen LogP contribution is 2.35. The Bertz CT molecular complexity index is 1020. The number of nitrogens with zero attached hydrogens (tertiary/aromatic N) is 4. The van der Waals surface area contributed by atoms with E-state index in [4.69, 9.17) is 5.10 Å². The molecule has 0 saturated carbocycles. The fourth-order valence-electron chi connectivity index (χ4n) is 4.40. The fourth-order valence-corrected chi connectivity index (χ4v) is 4.40. The van der Waals surface area contributed by atoms with Crippen molar-refractivity contribution in [3.05, 3.63) is 60.0 Å². The van der Waals surface area contributed by atoms with Crippen molar-refractivity contribution >= 4 is 5.78 Å². The molecule has 0 N–H and O–H groups in total. The first kappa shape index (κ1) is 17.3. The summed E-state index contributed by atoms with van der Waals surface area (Å²) in [7, 11) is 2.18. The summed E-state index contributed by atoms with van der Waals surface area (Å²) in [5.74, 6) is 0.262. The standard InChI is InChI=1S/C23H24N4O/c1-26-12-8-19(9-13-26)27-15-21(23(25-27)16-6-10-24-11-7-16)18-2-4-20-17(14-18)3-5-22(20)28/h2,4,6-7,10-11,14-15,19H,3,5,8-9,12-13H2,1H3. The van der Waals surface area contributed by atoms with E-state index in [2.05, 4.69) is 39.9 Å². The van der Waals surface area contributed by atoms with Crippen LogP contribution < -0.4 is 0 Å². The lowest BCUT2D eigenvalue weighted by molar-refractivity contribution is 0.0994. The molecule has 1 aromatic carbocycles. The molecule has 2 aromatic heterocycles. The summed E-state index contributed by atoms with van der Waals surface area (Å²) in [5, 5.41) is 5.02. The Labute approximate surface area is 165 Å². The second-order valence-electron chi connectivity index (χ2n) is 7.94. The molecular formula is C23H24N4O. The van der Waals surface area contributed by atoms with E-state index in [0.717, 1.165) is 65.9 Å². The van der Waals surface area contributed by atoms with Gasteiger partial charge < -0.3 is 4.90 Å². The number of pyridine rings is 1. The Balaban J connectivity index is 1.59. The fraction of sp³-hybridized carbons (Fsp3) is 0.348. The number of fused-ring (bicyclic) bond motifs is 1. The molecule has 5 nitrogen and oxygen atoms in total. The molecule has 5 heteroatoms. The first-order valence-corrected chi connectivity index (χ1v) is 10.0. The van der Waals surface area contributed by atoms with Gasteiger partial charge in [-0.25, -0.2) is 0 Å². The van der Waals surface area contributed by atoms with Crippen LogP contribution in [0.3, 0.4) is 0 Å². The third-order valence-corrected chi connectivity index (χ3v) is 6.09. The SMILES string of the molecule is CN1CCC(n2cc(-c3ccc4c(c3)CCC4=O)c(-c3ccncc3)n2)CC1. The number of likely N-dealkylation sites (tertiary alicyclic amines) is 1. The van der Waals surface area contributed by atoms with Crippen molar-refractivity contribution in [3.63, 3.8) is 0 Å². The Morgan fingerprint density at radius 3 is 2.54 bits per heavy atom. The van der Waals surface area contributed by atoms with Crippen molar-refractivity contribution in [1.82, 2.24) is 19.7 Å². The molecule has 0 spiro atoms. The molecular weight excluding hydrogens is 348 g/mol. The molecule has 1 saturated heterocycles. The van der Waals surface area contributed by atoms with Crippen LogP contribution in [0.25, 0.3) is 22.4 Å². The lowest BCUT2D eigenvalue weighted by atomic mass is 9.98. The molecule has 0 bridgehead atoms. The Morgan fingerprint density at radius 1 is 0.964 bits per heavy atom. The molecule has 1 fully saturated rings. The lowest BCUT2D eigenvalue weighted by Crippen LogP contribution is -2.31. The van der Waals surface area contributed by atoms with Crippen LogP contribution in [0.2, 0.25) is 0 Å². The van der Waals surface area contributed by atoms with Crippen LogP contribution >= 0.6 is 0 Å². The van der Waals surface area contributed by atoms with Crippen molar-refractivity contribution in [2.24, 2.45) is 0 Å². The quantitative estimate of drug-likeness (QED) is 0.697. The van der Waals surface area contributed by atoms with Crippen LogP contribution in [-0.4, -0.2) is 45.6 Å². The zero-order valence-corrected chi connectivity index (χ0v) is 16.1. The maximum absolute atomic E-state index is 12.0. The highest BCUT2D eigenvalue weighted by atomic mass is 16.1. The van der Waals surface area contributed by atoms with Gasteiger partial charge in [0.25, 0.3) is 0 Å². The van der Waals surface area contributed by atoms with Gasteiger partial charge in [0.2, 0.25) is 0 Å². The van der Waals surface area contributed by atoms with Crippen molar-refractivity contribution in [2.45, 2.75) is 31.7 Å². The van der Waals surface area contributed by atoms with Crippen molar-refractivity contribution < 1.29 is 4.79 Å². The van der Waals surface area contributed by atoms with Crippen molar-refractivity contribution in [2.75, 3.05) is 20.1 Å². The molecule has 3 heterocycles. The van der Waals surface area contributed by atoms with Crippen LogP contribution in [0.5, 0.6) is 0 Å². The van der Waals surface area contributed by atoms with E-state index in [9.17, 15) is 4.79 Å². The number of hydrogen-bond acceptors (Lipinski definition) is 4. The summed E-state index contributed by atoms with van der Waals surface area (Å²) in [4.78, 5) is 18.5. The van der Waals surface area contributed by atoms with E-state index in [1.54, 1.807) is 0 Å². The first-order valence-electron chi connectivity index (χ1n) is 10.0. The third kappa shape index (κ3) is 3.06. The molecule has 2 aliphatic rings. The number of hydrogen-bond donors (Lipinski definition) is 0. The van der Waals surface area contributed by atoms with Crippen molar-refractivity contribution in [1.29, 1.82) is 0 Å². The second-order valence-corrected chi connectivity index (χ2v) is 7.94. The molecule has 1 aliphatic carbocycles. The third-order valence-electron chi connectivity index (χ3n) is 6.09. The number of ketones is 1. The number of carbonyl (C=O) groups is 1. The predicted molar refractivity (Wildman–Crippen MR) is 109 cm³/mol. The average molecular weight is 372 g/mol. The zero-order valence-electron chi connectivity index (χ0n) is 16.1. The van der Waals surface area contributed by atoms with Crippen LogP contribution in [0.15, 0.2) is 48.9 Å². The van der Waals surface area contributed by atoms with E-state index in [1.165, 1.54) is 0 Å². The summed E-state index contributed by atoms with van der Waals surface area (Å²) in [6.07, 6.45) is 9.53. The van der Waals surface area contributed by atoms with E-state index in [-0.39, 0.29) is 5.78 Å². The van der Waals surface area contributed by atoms with Gasteiger partial charge in [-0.05, 0) is 62.7 Å². The smallest absolute Gasteiger partial charge is 0.163 e. The topological polar surface area (TPSA) is 51.0 Å². The highest BCUT2D eigenvalue weighted by Gasteiger charge is 2.24. The van der Waals surface area contributed by atoms with Gasteiger partial charge in [0.1, 0.15) is 5.69 Å². The van der Waals surface area contributed by atoms with Gasteiger partial charge in [0, 0.05) is 41.7 Å². The molecule has 0 radical (unpaired) electrons. The van der Waals surface area contributed by atoms with E-state index in [1.807, 2.05) is 30.6 Å². The molecule has 5 rings (SSSR count). The zero-order chi connectivity index (χ0) is 19.1. The van der Waals surface area contributed by atoms with Crippen LogP contribution in [0.1, 0.15) is 41.2 Å². The van der Waals surface area contributed by atoms with Crippen LogP contribution in [-0.2, 0) is 6.42 Å². The van der Waals surface area contributed by atoms with Crippen LogP contribution in [0.4, 0.5) is 0 Å². The maximum atomic E-state index is 12.0. The Hall–Kier alpha value is -2.79. The second kappa shape index (κ2) is 6.99. The Kier molecular flexibility index (Phi) is 4.32. The normalized spacial score (nSPS) is 17.8. The maximum Gasteiger partial charge on any atom is 0.163 e. The number of piperidine rings is 1. The van der Waals surface area contributed by atoms with Gasteiger partial charge in [0.05, 0.1) is 6.04 Å². The first-order chi connectivity index (χ1) is 13.7. The van der Waals surface area contributed by atoms with Gasteiger partial charge in [-0.3, -0.25) is 14.5 Å². The number of rotatable bonds is 3. The molecule has 3 aromatic rings. The number of benzene rings is 1. The molecule has 0 unspecified atom stereocenters. The summed E-state index contributed by atoms with van der Waals surface area (Å²) < 4.78 is 2.16. The summed E-state index contributed by atoms with van der Waals surface area (Å²) >= 11 is 0. The molecule has 0 atom stereocenters. The minimum atomic E-state index is 0.262. The lowest BCUT2D eigenvalue weighted by Gasteiger charge is -2.29. The number of aromatic nitrogens is 3. The van der Waals surface area contributed by atoms with E-state index >= 15 is 0 Å². The van der Waals surface area contributed by atoms with Gasteiger partial charge in [-0.2, -0.15) is 5.10 Å². The molecule has 142 valence electrons.